The predicted molar refractivity (Wildman–Crippen MR) is 87.1 cm³/mol. The van der Waals surface area contributed by atoms with Crippen LogP contribution in [0.2, 0.25) is 0 Å². The normalized spacial score (nSPS) is 16.4. The number of hydrogen-bond acceptors (Lipinski definition) is 5. The summed E-state index contributed by atoms with van der Waals surface area (Å²) >= 11 is 0. The van der Waals surface area contributed by atoms with Crippen molar-refractivity contribution in [2.24, 2.45) is 0 Å². The first-order valence-electron chi connectivity index (χ1n) is 7.89. The Labute approximate surface area is 143 Å². The molecule has 1 atom stereocenters. The van der Waals surface area contributed by atoms with Crippen molar-refractivity contribution >= 4 is 17.8 Å². The van der Waals surface area contributed by atoms with E-state index in [2.05, 4.69) is 26.0 Å². The van der Waals surface area contributed by atoms with Crippen LogP contribution in [0.1, 0.15) is 24.0 Å². The summed E-state index contributed by atoms with van der Waals surface area (Å²) in [5.74, 6) is -0.569. The molecule has 0 saturated carbocycles. The Morgan fingerprint density at radius 3 is 2.72 bits per heavy atom. The third-order valence-corrected chi connectivity index (χ3v) is 3.91. The van der Waals surface area contributed by atoms with E-state index in [0.29, 0.717) is 13.1 Å². The molecular weight excluding hydrogens is 324 g/mol. The maximum Gasteiger partial charge on any atom is 0.322 e. The molecule has 1 saturated heterocycles. The molecule has 1 aromatic carbocycles. The molecule has 1 aliphatic heterocycles. The van der Waals surface area contributed by atoms with E-state index < -0.39 is 18.0 Å². The van der Waals surface area contributed by atoms with Gasteiger partial charge < -0.3 is 10.6 Å². The summed E-state index contributed by atoms with van der Waals surface area (Å²) < 4.78 is 1.71. The standard InChI is InChI=1S/C16H18N6O3/c23-14(6-5-13-15(24)21-16(25)20-13)18-7-11-3-1-2-4-12(11)8-22-10-17-9-19-22/h1-4,9-10,13H,5-8H2,(H,18,23)(H2,20,21,24,25)/t13-/m1/s1. The van der Waals surface area contributed by atoms with Crippen LogP contribution in [0.25, 0.3) is 0 Å². The summed E-state index contributed by atoms with van der Waals surface area (Å²) in [5.41, 5.74) is 2.02. The van der Waals surface area contributed by atoms with Crippen molar-refractivity contribution in [1.29, 1.82) is 0 Å². The van der Waals surface area contributed by atoms with Crippen LogP contribution in [0.3, 0.4) is 0 Å². The average molecular weight is 342 g/mol. The van der Waals surface area contributed by atoms with Crippen molar-refractivity contribution in [3.05, 3.63) is 48.0 Å². The number of amides is 4. The van der Waals surface area contributed by atoms with Crippen LogP contribution >= 0.6 is 0 Å². The maximum absolute atomic E-state index is 12.0. The Morgan fingerprint density at radius 2 is 2.04 bits per heavy atom. The first-order chi connectivity index (χ1) is 12.1. The number of rotatable bonds is 7. The number of hydrogen-bond donors (Lipinski definition) is 3. The first-order valence-corrected chi connectivity index (χ1v) is 7.89. The van der Waals surface area contributed by atoms with Crippen LogP contribution in [-0.2, 0) is 22.7 Å². The smallest absolute Gasteiger partial charge is 0.322 e. The van der Waals surface area contributed by atoms with Crippen molar-refractivity contribution in [2.45, 2.75) is 32.0 Å². The molecule has 0 unspecified atom stereocenters. The van der Waals surface area contributed by atoms with E-state index in [1.807, 2.05) is 24.3 Å². The van der Waals surface area contributed by atoms with Crippen LogP contribution < -0.4 is 16.0 Å². The minimum Gasteiger partial charge on any atom is -0.352 e. The van der Waals surface area contributed by atoms with Gasteiger partial charge in [-0.15, -0.1) is 0 Å². The highest BCUT2D eigenvalue weighted by atomic mass is 16.2. The van der Waals surface area contributed by atoms with E-state index in [1.54, 1.807) is 11.0 Å². The molecule has 1 aromatic heterocycles. The SMILES string of the molecule is O=C(CC[C@H]1NC(=O)NC1=O)NCc1ccccc1Cn1cncn1. The van der Waals surface area contributed by atoms with E-state index in [1.165, 1.54) is 6.33 Å². The number of carbonyl (C=O) groups is 3. The van der Waals surface area contributed by atoms with Crippen LogP contribution in [0.5, 0.6) is 0 Å². The molecule has 3 rings (SSSR count). The molecular formula is C16H18N6O3. The van der Waals surface area contributed by atoms with Gasteiger partial charge in [0.2, 0.25) is 5.91 Å². The first kappa shape index (κ1) is 16.6. The number of benzene rings is 1. The van der Waals surface area contributed by atoms with Gasteiger partial charge in [-0.25, -0.2) is 14.5 Å². The zero-order valence-corrected chi connectivity index (χ0v) is 13.4. The van der Waals surface area contributed by atoms with Crippen LogP contribution in [0, 0.1) is 0 Å². The van der Waals surface area contributed by atoms with Crippen LogP contribution in [0.4, 0.5) is 4.79 Å². The summed E-state index contributed by atoms with van der Waals surface area (Å²) in [7, 11) is 0. The third-order valence-electron chi connectivity index (χ3n) is 3.91. The molecule has 0 bridgehead atoms. The molecule has 2 heterocycles. The Morgan fingerprint density at radius 1 is 1.24 bits per heavy atom. The van der Waals surface area contributed by atoms with Gasteiger partial charge in [0.1, 0.15) is 18.7 Å². The summed E-state index contributed by atoms with van der Waals surface area (Å²) in [6.07, 6.45) is 3.53. The minimum atomic E-state index is -0.641. The van der Waals surface area contributed by atoms with Gasteiger partial charge >= 0.3 is 6.03 Å². The maximum atomic E-state index is 12.0. The minimum absolute atomic E-state index is 0.156. The highest BCUT2D eigenvalue weighted by Crippen LogP contribution is 2.10. The Kier molecular flexibility index (Phi) is 5.03. The van der Waals surface area contributed by atoms with Crippen molar-refractivity contribution in [3.63, 3.8) is 0 Å². The van der Waals surface area contributed by atoms with E-state index in [4.69, 9.17) is 0 Å². The van der Waals surface area contributed by atoms with Crippen LogP contribution in [0.15, 0.2) is 36.9 Å². The molecule has 130 valence electrons. The lowest BCUT2D eigenvalue weighted by molar-refractivity contribution is -0.122. The molecule has 0 spiro atoms. The average Bonchev–Trinajstić information content (AvgIpc) is 3.21. The van der Waals surface area contributed by atoms with Crippen molar-refractivity contribution in [2.75, 3.05) is 0 Å². The zero-order valence-electron chi connectivity index (χ0n) is 13.4. The number of nitrogens with zero attached hydrogens (tertiary/aromatic N) is 3. The van der Waals surface area contributed by atoms with Gasteiger partial charge in [-0.2, -0.15) is 5.10 Å². The molecule has 0 aliphatic carbocycles. The van der Waals surface area contributed by atoms with Crippen LogP contribution in [-0.4, -0.2) is 38.7 Å². The van der Waals surface area contributed by atoms with Gasteiger partial charge in [0.25, 0.3) is 5.91 Å². The number of nitrogens with one attached hydrogen (secondary N) is 3. The molecule has 25 heavy (non-hydrogen) atoms. The van der Waals surface area contributed by atoms with Gasteiger partial charge in [0, 0.05) is 13.0 Å². The molecule has 0 radical (unpaired) electrons. The molecule has 1 fully saturated rings. The largest absolute Gasteiger partial charge is 0.352 e. The number of urea groups is 1. The highest BCUT2D eigenvalue weighted by Gasteiger charge is 2.29. The number of carbonyl (C=O) groups excluding carboxylic acids is 3. The van der Waals surface area contributed by atoms with Crippen molar-refractivity contribution < 1.29 is 14.4 Å². The molecule has 2 aromatic rings. The lowest BCUT2D eigenvalue weighted by Crippen LogP contribution is -2.31. The third kappa shape index (κ3) is 4.40. The summed E-state index contributed by atoms with van der Waals surface area (Å²) in [6, 6.07) is 6.60. The second-order valence-electron chi connectivity index (χ2n) is 5.69. The fourth-order valence-electron chi connectivity index (χ4n) is 2.59. The summed E-state index contributed by atoms with van der Waals surface area (Å²) in [4.78, 5) is 38.4. The second kappa shape index (κ2) is 7.56. The molecule has 4 amide bonds. The topological polar surface area (TPSA) is 118 Å². The predicted octanol–water partition coefficient (Wildman–Crippen LogP) is -0.0692. The van der Waals surface area contributed by atoms with E-state index in [-0.39, 0.29) is 18.7 Å². The summed E-state index contributed by atoms with van der Waals surface area (Å²) in [6.45, 7) is 0.952. The highest BCUT2D eigenvalue weighted by molar-refractivity contribution is 6.04. The number of aromatic nitrogens is 3. The second-order valence-corrected chi connectivity index (χ2v) is 5.69. The van der Waals surface area contributed by atoms with E-state index >= 15 is 0 Å². The van der Waals surface area contributed by atoms with Gasteiger partial charge in [0.05, 0.1) is 6.54 Å². The van der Waals surface area contributed by atoms with E-state index in [9.17, 15) is 14.4 Å². The van der Waals surface area contributed by atoms with Gasteiger partial charge in [-0.05, 0) is 17.5 Å². The van der Waals surface area contributed by atoms with Crippen molar-refractivity contribution in [3.8, 4) is 0 Å². The fourth-order valence-corrected chi connectivity index (χ4v) is 2.59. The van der Waals surface area contributed by atoms with Gasteiger partial charge in [-0.1, -0.05) is 24.3 Å². The Hall–Kier alpha value is -3.23. The lowest BCUT2D eigenvalue weighted by atomic mass is 10.1. The van der Waals surface area contributed by atoms with Gasteiger partial charge in [0.15, 0.2) is 0 Å². The van der Waals surface area contributed by atoms with Gasteiger partial charge in [-0.3, -0.25) is 14.9 Å². The molecule has 1 aliphatic rings. The summed E-state index contributed by atoms with van der Waals surface area (Å²) in [5, 5.41) is 11.5. The Balaban J connectivity index is 1.50. The monoisotopic (exact) mass is 342 g/mol. The molecule has 9 heteroatoms. The lowest BCUT2D eigenvalue weighted by Gasteiger charge is -2.11. The van der Waals surface area contributed by atoms with Crippen molar-refractivity contribution in [1.82, 2.24) is 30.7 Å². The quantitative estimate of drug-likeness (QED) is 0.609. The molecule has 3 N–H and O–H groups in total. The Bertz CT molecular complexity index is 774. The fraction of sp³-hybridized carbons (Fsp3) is 0.312. The van der Waals surface area contributed by atoms with E-state index in [0.717, 1.165) is 11.1 Å². The number of imide groups is 1. The molecule has 9 nitrogen and oxygen atoms in total. The zero-order chi connectivity index (χ0) is 17.6.